The van der Waals surface area contributed by atoms with Crippen LogP contribution in [0.25, 0.3) is 0 Å². The maximum Gasteiger partial charge on any atom is 0.255 e. The lowest BCUT2D eigenvalue weighted by molar-refractivity contribution is 0.0584. The molecule has 0 radical (unpaired) electrons. The van der Waals surface area contributed by atoms with Crippen molar-refractivity contribution in [1.29, 1.82) is 0 Å². The smallest absolute Gasteiger partial charge is 0.255 e. The minimum Gasteiger partial charge on any atom is -0.334 e. The van der Waals surface area contributed by atoms with Gasteiger partial charge in [-0.1, -0.05) is 0 Å². The van der Waals surface area contributed by atoms with Crippen molar-refractivity contribution in [2.75, 3.05) is 6.54 Å². The van der Waals surface area contributed by atoms with E-state index in [1.165, 1.54) is 6.42 Å². The molecule has 1 aliphatic rings. The van der Waals surface area contributed by atoms with Crippen LogP contribution in [0.1, 0.15) is 35.2 Å². The molecule has 2 aromatic rings. The Morgan fingerprint density at radius 3 is 3.10 bits per heavy atom. The Bertz CT molecular complexity index is 576. The molecule has 0 saturated carbocycles. The molecule has 1 aliphatic heterocycles. The first kappa shape index (κ1) is 13.4. The van der Waals surface area contributed by atoms with Crippen molar-refractivity contribution in [2.45, 2.75) is 38.8 Å². The first-order valence-electron chi connectivity index (χ1n) is 7.06. The molecule has 1 saturated heterocycles. The van der Waals surface area contributed by atoms with Crippen LogP contribution in [0.3, 0.4) is 0 Å². The molecule has 2 aromatic heterocycles. The van der Waals surface area contributed by atoms with E-state index in [-0.39, 0.29) is 11.9 Å². The molecule has 106 valence electrons. The number of thiophene rings is 1. The Morgan fingerprint density at radius 2 is 2.40 bits per heavy atom. The van der Waals surface area contributed by atoms with E-state index in [2.05, 4.69) is 5.10 Å². The zero-order valence-electron chi connectivity index (χ0n) is 11.7. The maximum absolute atomic E-state index is 12.6. The molecule has 0 aliphatic carbocycles. The summed E-state index contributed by atoms with van der Waals surface area (Å²) in [5.41, 5.74) is 1.98. The summed E-state index contributed by atoms with van der Waals surface area (Å²) in [6, 6.07) is 2.17. The number of nitrogens with zero attached hydrogens (tertiary/aromatic N) is 3. The van der Waals surface area contributed by atoms with Crippen molar-refractivity contribution in [3.63, 3.8) is 0 Å². The van der Waals surface area contributed by atoms with E-state index >= 15 is 0 Å². The highest BCUT2D eigenvalue weighted by molar-refractivity contribution is 7.08. The van der Waals surface area contributed by atoms with Gasteiger partial charge in [-0.15, -0.1) is 0 Å². The largest absolute Gasteiger partial charge is 0.334 e. The Morgan fingerprint density at radius 1 is 1.50 bits per heavy atom. The van der Waals surface area contributed by atoms with Gasteiger partial charge >= 0.3 is 0 Å². The van der Waals surface area contributed by atoms with E-state index in [4.69, 9.17) is 0 Å². The van der Waals surface area contributed by atoms with Gasteiger partial charge in [0.05, 0.1) is 24.3 Å². The summed E-state index contributed by atoms with van der Waals surface area (Å²) in [7, 11) is 0. The highest BCUT2D eigenvalue weighted by Gasteiger charge is 2.28. The van der Waals surface area contributed by atoms with Gasteiger partial charge in [-0.2, -0.15) is 16.4 Å². The fraction of sp³-hybridized carbons (Fsp3) is 0.467. The molecule has 5 heteroatoms. The number of carbonyl (C=O) groups excluding carboxylic acids is 1. The Hall–Kier alpha value is -1.62. The Kier molecular flexibility index (Phi) is 3.87. The molecule has 3 rings (SSSR count). The molecule has 20 heavy (non-hydrogen) atoms. The second kappa shape index (κ2) is 5.79. The zero-order valence-corrected chi connectivity index (χ0v) is 12.5. The number of likely N-dealkylation sites (tertiary alicyclic amines) is 1. The van der Waals surface area contributed by atoms with E-state index < -0.39 is 0 Å². The van der Waals surface area contributed by atoms with Crippen molar-refractivity contribution in [3.8, 4) is 0 Å². The summed E-state index contributed by atoms with van der Waals surface area (Å²) in [6.07, 6.45) is 7.27. The molecular weight excluding hydrogens is 270 g/mol. The van der Waals surface area contributed by atoms with Crippen molar-refractivity contribution < 1.29 is 4.79 Å². The molecule has 0 N–H and O–H groups in total. The van der Waals surface area contributed by atoms with Crippen molar-refractivity contribution >= 4 is 17.2 Å². The molecule has 0 spiro atoms. The van der Waals surface area contributed by atoms with E-state index in [9.17, 15) is 4.79 Å². The van der Waals surface area contributed by atoms with Crippen LogP contribution in [0.15, 0.2) is 29.2 Å². The molecular formula is C15H19N3OS. The number of hydrogen-bond donors (Lipinski definition) is 0. The Labute approximate surface area is 123 Å². The highest BCUT2D eigenvalue weighted by atomic mass is 32.1. The van der Waals surface area contributed by atoms with E-state index in [0.717, 1.165) is 37.1 Å². The highest BCUT2D eigenvalue weighted by Crippen LogP contribution is 2.22. The number of amides is 1. The quantitative estimate of drug-likeness (QED) is 0.871. The lowest BCUT2D eigenvalue weighted by atomic mass is 10.0. The number of aromatic nitrogens is 2. The number of aryl methyl sites for hydroxylation is 1. The van der Waals surface area contributed by atoms with Gasteiger partial charge in [0.15, 0.2) is 0 Å². The number of carbonyl (C=O) groups is 1. The second-order valence-electron chi connectivity index (χ2n) is 5.40. The fourth-order valence-electron chi connectivity index (χ4n) is 2.79. The average molecular weight is 289 g/mol. The normalized spacial score (nSPS) is 19.2. The van der Waals surface area contributed by atoms with Crippen molar-refractivity contribution in [3.05, 3.63) is 40.3 Å². The Balaban J connectivity index is 1.75. The summed E-state index contributed by atoms with van der Waals surface area (Å²) < 4.78 is 1.96. The molecule has 4 nitrogen and oxygen atoms in total. The first-order chi connectivity index (χ1) is 9.74. The zero-order chi connectivity index (χ0) is 13.9. The van der Waals surface area contributed by atoms with E-state index in [0.29, 0.717) is 0 Å². The van der Waals surface area contributed by atoms with Crippen LogP contribution in [0.5, 0.6) is 0 Å². The predicted octanol–water partition coefficient (Wildman–Crippen LogP) is 2.95. The average Bonchev–Trinajstić information content (AvgIpc) is 3.10. The number of piperidine rings is 1. The van der Waals surface area contributed by atoms with Gasteiger partial charge in [0.1, 0.15) is 0 Å². The number of hydrogen-bond acceptors (Lipinski definition) is 3. The molecule has 1 fully saturated rings. The standard InChI is InChI=1S/C15H19N3OS/c1-12-8-16-17(9-12)10-14-4-2-3-6-18(14)15(19)13-5-7-20-11-13/h5,7-9,11,14H,2-4,6,10H2,1H3. The van der Waals surface area contributed by atoms with Crippen LogP contribution < -0.4 is 0 Å². The SMILES string of the molecule is Cc1cnn(CC2CCCCN2C(=O)c2ccsc2)c1. The van der Waals surface area contributed by atoms with E-state index in [1.807, 2.05) is 45.7 Å². The van der Waals surface area contributed by atoms with Crippen LogP contribution in [-0.4, -0.2) is 33.2 Å². The van der Waals surface area contributed by atoms with Crippen LogP contribution in [-0.2, 0) is 6.54 Å². The predicted molar refractivity (Wildman–Crippen MR) is 80.0 cm³/mol. The minimum absolute atomic E-state index is 0.167. The van der Waals surface area contributed by atoms with Gasteiger partial charge in [0, 0.05) is 18.1 Å². The lowest BCUT2D eigenvalue weighted by Crippen LogP contribution is -2.45. The molecule has 1 unspecified atom stereocenters. The summed E-state index contributed by atoms with van der Waals surface area (Å²) >= 11 is 1.58. The van der Waals surface area contributed by atoms with Gasteiger partial charge < -0.3 is 4.90 Å². The molecule has 1 amide bonds. The van der Waals surface area contributed by atoms with Crippen molar-refractivity contribution in [2.24, 2.45) is 0 Å². The van der Waals surface area contributed by atoms with Gasteiger partial charge in [-0.25, -0.2) is 0 Å². The third-order valence-electron chi connectivity index (χ3n) is 3.82. The molecule has 1 atom stereocenters. The summed E-state index contributed by atoms with van der Waals surface area (Å²) in [4.78, 5) is 14.6. The monoisotopic (exact) mass is 289 g/mol. The topological polar surface area (TPSA) is 38.1 Å². The van der Waals surface area contributed by atoms with Gasteiger partial charge in [0.2, 0.25) is 0 Å². The molecule has 3 heterocycles. The van der Waals surface area contributed by atoms with Gasteiger partial charge in [0.25, 0.3) is 5.91 Å². The summed E-state index contributed by atoms with van der Waals surface area (Å²) in [6.45, 7) is 3.70. The first-order valence-corrected chi connectivity index (χ1v) is 8.00. The molecule has 0 bridgehead atoms. The van der Waals surface area contributed by atoms with E-state index in [1.54, 1.807) is 11.3 Å². The van der Waals surface area contributed by atoms with Crippen LogP contribution >= 0.6 is 11.3 Å². The minimum atomic E-state index is 0.167. The van der Waals surface area contributed by atoms with Crippen molar-refractivity contribution in [1.82, 2.24) is 14.7 Å². The molecule has 0 aromatic carbocycles. The van der Waals surface area contributed by atoms with Crippen LogP contribution in [0.2, 0.25) is 0 Å². The van der Waals surface area contributed by atoms with Crippen LogP contribution in [0, 0.1) is 6.92 Å². The summed E-state index contributed by atoms with van der Waals surface area (Å²) in [5.74, 6) is 0.167. The van der Waals surface area contributed by atoms with Crippen LogP contribution in [0.4, 0.5) is 0 Å². The van der Waals surface area contributed by atoms with Gasteiger partial charge in [-0.3, -0.25) is 9.48 Å². The maximum atomic E-state index is 12.6. The lowest BCUT2D eigenvalue weighted by Gasteiger charge is -2.35. The fourth-order valence-corrected chi connectivity index (χ4v) is 3.42. The third kappa shape index (κ3) is 2.77. The number of rotatable bonds is 3. The third-order valence-corrected chi connectivity index (χ3v) is 4.50. The second-order valence-corrected chi connectivity index (χ2v) is 6.18. The summed E-state index contributed by atoms with van der Waals surface area (Å²) in [5, 5.41) is 8.25. The van der Waals surface area contributed by atoms with Gasteiger partial charge in [-0.05, 0) is 43.2 Å².